The summed E-state index contributed by atoms with van der Waals surface area (Å²) in [6, 6.07) is 12.5. The lowest BCUT2D eigenvalue weighted by Crippen LogP contribution is -2.39. The van der Waals surface area contributed by atoms with E-state index in [0.29, 0.717) is 5.56 Å². The van der Waals surface area contributed by atoms with Crippen LogP contribution in [-0.2, 0) is 11.8 Å². The minimum absolute atomic E-state index is 0.00137. The Balaban J connectivity index is 2.59. The van der Waals surface area contributed by atoms with E-state index in [1.165, 1.54) is 19.1 Å². The van der Waals surface area contributed by atoms with Gasteiger partial charge < -0.3 is 10.2 Å². The molecule has 2 aromatic carbocycles. The third-order valence-corrected chi connectivity index (χ3v) is 3.45. The molecule has 0 aliphatic rings. The van der Waals surface area contributed by atoms with E-state index in [4.69, 9.17) is 0 Å². The van der Waals surface area contributed by atoms with E-state index in [-0.39, 0.29) is 5.56 Å². The van der Waals surface area contributed by atoms with Crippen molar-refractivity contribution in [2.75, 3.05) is 0 Å². The van der Waals surface area contributed by atoms with Crippen molar-refractivity contribution < 1.29 is 23.4 Å². The van der Waals surface area contributed by atoms with Crippen LogP contribution < -0.4 is 0 Å². The van der Waals surface area contributed by atoms with Crippen molar-refractivity contribution in [1.82, 2.24) is 0 Å². The highest BCUT2D eigenvalue weighted by molar-refractivity contribution is 5.39. The Morgan fingerprint density at radius 3 is 1.90 bits per heavy atom. The molecule has 0 aliphatic heterocycles. The third-order valence-electron chi connectivity index (χ3n) is 3.45. The molecule has 2 unspecified atom stereocenters. The van der Waals surface area contributed by atoms with Crippen molar-refractivity contribution in [2.45, 2.75) is 24.8 Å². The van der Waals surface area contributed by atoms with Crippen LogP contribution in [0.3, 0.4) is 0 Å². The second kappa shape index (κ2) is 5.50. The van der Waals surface area contributed by atoms with Gasteiger partial charge in [-0.05, 0) is 30.2 Å². The fourth-order valence-corrected chi connectivity index (χ4v) is 2.27. The summed E-state index contributed by atoms with van der Waals surface area (Å²) in [5.74, 6) is 0. The topological polar surface area (TPSA) is 40.5 Å². The minimum atomic E-state index is -4.51. The number of aliphatic hydroxyl groups excluding tert-OH is 1. The van der Waals surface area contributed by atoms with E-state index < -0.39 is 23.4 Å². The second-order valence-electron chi connectivity index (χ2n) is 4.89. The standard InChI is InChI=1S/C16H15F3O2/c1-11(20)15(21,12-6-3-2-4-7-12)13-8-5-9-14(10-13)16(17,18)19/h2-11,20-21H,1H3. The Bertz CT molecular complexity index is 608. The van der Waals surface area contributed by atoms with Gasteiger partial charge in [0.15, 0.2) is 0 Å². The van der Waals surface area contributed by atoms with Gasteiger partial charge in [0.1, 0.15) is 5.60 Å². The van der Waals surface area contributed by atoms with Crippen LogP contribution in [0, 0.1) is 0 Å². The zero-order valence-electron chi connectivity index (χ0n) is 11.3. The molecule has 0 amide bonds. The summed E-state index contributed by atoms with van der Waals surface area (Å²) in [7, 11) is 0. The van der Waals surface area contributed by atoms with E-state index in [1.54, 1.807) is 30.3 Å². The van der Waals surface area contributed by atoms with E-state index in [2.05, 4.69) is 0 Å². The van der Waals surface area contributed by atoms with Crippen molar-refractivity contribution in [3.63, 3.8) is 0 Å². The Labute approximate surface area is 120 Å². The molecule has 2 atom stereocenters. The van der Waals surface area contributed by atoms with Gasteiger partial charge in [0, 0.05) is 0 Å². The van der Waals surface area contributed by atoms with Crippen LogP contribution in [0.15, 0.2) is 54.6 Å². The summed E-state index contributed by atoms with van der Waals surface area (Å²) in [4.78, 5) is 0. The fraction of sp³-hybridized carbons (Fsp3) is 0.250. The molecule has 2 rings (SSSR count). The molecule has 2 aromatic rings. The first-order valence-corrected chi connectivity index (χ1v) is 6.40. The molecule has 5 heteroatoms. The summed E-state index contributed by atoms with van der Waals surface area (Å²) in [6.45, 7) is 1.34. The number of halogens is 3. The fourth-order valence-electron chi connectivity index (χ4n) is 2.27. The number of hydrogen-bond acceptors (Lipinski definition) is 2. The molecule has 0 aromatic heterocycles. The van der Waals surface area contributed by atoms with E-state index in [1.807, 2.05) is 0 Å². The highest BCUT2D eigenvalue weighted by atomic mass is 19.4. The number of rotatable bonds is 3. The molecule has 0 fully saturated rings. The molecular weight excluding hydrogens is 281 g/mol. The SMILES string of the molecule is CC(O)C(O)(c1ccccc1)c1cccc(C(F)(F)F)c1. The van der Waals surface area contributed by atoms with Crippen LogP contribution >= 0.6 is 0 Å². The van der Waals surface area contributed by atoms with Gasteiger partial charge in [0.2, 0.25) is 0 Å². The molecule has 0 aliphatic carbocycles. The molecule has 2 nitrogen and oxygen atoms in total. The molecule has 0 bridgehead atoms. The predicted molar refractivity (Wildman–Crippen MR) is 72.6 cm³/mol. The van der Waals surface area contributed by atoms with Crippen LogP contribution in [0.4, 0.5) is 13.2 Å². The number of benzene rings is 2. The molecule has 0 saturated carbocycles. The summed E-state index contributed by atoms with van der Waals surface area (Å²) < 4.78 is 38.4. The minimum Gasteiger partial charge on any atom is -0.390 e. The quantitative estimate of drug-likeness (QED) is 0.912. The number of alkyl halides is 3. The normalized spacial score (nSPS) is 16.3. The zero-order chi connectivity index (χ0) is 15.7. The van der Waals surface area contributed by atoms with Crippen molar-refractivity contribution >= 4 is 0 Å². The van der Waals surface area contributed by atoms with E-state index >= 15 is 0 Å². The van der Waals surface area contributed by atoms with Crippen LogP contribution in [0.25, 0.3) is 0 Å². The van der Waals surface area contributed by atoms with Gasteiger partial charge >= 0.3 is 6.18 Å². The smallest absolute Gasteiger partial charge is 0.390 e. The maximum atomic E-state index is 12.8. The van der Waals surface area contributed by atoms with Crippen molar-refractivity contribution in [1.29, 1.82) is 0 Å². The lowest BCUT2D eigenvalue weighted by molar-refractivity contribution is -0.137. The van der Waals surface area contributed by atoms with Gasteiger partial charge in [0.05, 0.1) is 11.7 Å². The molecule has 0 spiro atoms. The van der Waals surface area contributed by atoms with Crippen molar-refractivity contribution in [2.24, 2.45) is 0 Å². The van der Waals surface area contributed by atoms with Crippen LogP contribution in [-0.4, -0.2) is 16.3 Å². The summed E-state index contributed by atoms with van der Waals surface area (Å²) in [6.07, 6.45) is -5.78. The van der Waals surface area contributed by atoms with Gasteiger partial charge in [0.25, 0.3) is 0 Å². The molecule has 112 valence electrons. The largest absolute Gasteiger partial charge is 0.416 e. The Kier molecular flexibility index (Phi) is 4.07. The maximum absolute atomic E-state index is 12.8. The first-order chi connectivity index (χ1) is 9.76. The van der Waals surface area contributed by atoms with Gasteiger partial charge in [-0.3, -0.25) is 0 Å². The summed E-state index contributed by atoms with van der Waals surface area (Å²) in [5, 5.41) is 20.7. The van der Waals surface area contributed by atoms with Gasteiger partial charge in [-0.25, -0.2) is 0 Å². The third kappa shape index (κ3) is 2.94. The first kappa shape index (κ1) is 15.5. The Morgan fingerprint density at radius 1 is 0.857 bits per heavy atom. The highest BCUT2D eigenvalue weighted by Crippen LogP contribution is 2.36. The molecule has 0 radical (unpaired) electrons. The van der Waals surface area contributed by atoms with E-state index in [0.717, 1.165) is 12.1 Å². The molecular formula is C16H15F3O2. The van der Waals surface area contributed by atoms with E-state index in [9.17, 15) is 23.4 Å². The molecule has 0 heterocycles. The highest BCUT2D eigenvalue weighted by Gasteiger charge is 2.39. The summed E-state index contributed by atoms with van der Waals surface area (Å²) >= 11 is 0. The summed E-state index contributed by atoms with van der Waals surface area (Å²) in [5.41, 5.74) is -2.43. The van der Waals surface area contributed by atoms with Crippen LogP contribution in [0.2, 0.25) is 0 Å². The monoisotopic (exact) mass is 296 g/mol. The molecule has 21 heavy (non-hydrogen) atoms. The lowest BCUT2D eigenvalue weighted by atomic mass is 9.81. The van der Waals surface area contributed by atoms with Crippen molar-refractivity contribution in [3.8, 4) is 0 Å². The number of aliphatic hydroxyl groups is 2. The van der Waals surface area contributed by atoms with Crippen molar-refractivity contribution in [3.05, 3.63) is 71.3 Å². The predicted octanol–water partition coefficient (Wildman–Crippen LogP) is 3.32. The Hall–Kier alpha value is -1.85. The number of hydrogen-bond donors (Lipinski definition) is 2. The zero-order valence-corrected chi connectivity index (χ0v) is 11.3. The Morgan fingerprint density at radius 2 is 1.38 bits per heavy atom. The average Bonchev–Trinajstić information content (AvgIpc) is 2.46. The van der Waals surface area contributed by atoms with Gasteiger partial charge in [-0.1, -0.05) is 42.5 Å². The van der Waals surface area contributed by atoms with Gasteiger partial charge in [-0.2, -0.15) is 13.2 Å². The van der Waals surface area contributed by atoms with Crippen LogP contribution in [0.1, 0.15) is 23.6 Å². The van der Waals surface area contributed by atoms with Gasteiger partial charge in [-0.15, -0.1) is 0 Å². The maximum Gasteiger partial charge on any atom is 0.416 e. The molecule has 0 saturated heterocycles. The van der Waals surface area contributed by atoms with Crippen LogP contribution in [0.5, 0.6) is 0 Å². The first-order valence-electron chi connectivity index (χ1n) is 6.40. The average molecular weight is 296 g/mol. The second-order valence-corrected chi connectivity index (χ2v) is 4.89. The lowest BCUT2D eigenvalue weighted by Gasteiger charge is -2.32. The molecule has 2 N–H and O–H groups in total.